The van der Waals surface area contributed by atoms with Crippen molar-refractivity contribution in [2.75, 3.05) is 7.11 Å². The fourth-order valence-electron chi connectivity index (χ4n) is 2.17. The van der Waals surface area contributed by atoms with Crippen molar-refractivity contribution < 1.29 is 14.5 Å². The third kappa shape index (κ3) is 2.99. The lowest BCUT2D eigenvalue weighted by atomic mass is 10.2. The van der Waals surface area contributed by atoms with E-state index in [0.717, 1.165) is 3.79 Å². The lowest BCUT2D eigenvalue weighted by Crippen LogP contribution is -2.13. The molecule has 0 spiro atoms. The smallest absolute Gasteiger partial charge is 0.289 e. The quantitative estimate of drug-likeness (QED) is 0.470. The number of benzene rings is 1. The number of nitro benzene ring substituents is 1. The maximum absolute atomic E-state index is 12.3. The Hall–Kier alpha value is -2.04. The van der Waals surface area contributed by atoms with E-state index in [2.05, 4.69) is 20.9 Å². The van der Waals surface area contributed by atoms with Crippen molar-refractivity contribution in [2.24, 2.45) is 12.0 Å². The number of aryl methyl sites for hydroxylation is 1. The normalized spacial score (nSPS) is 11.9. The molecule has 1 amide bonds. The number of nitro groups is 1. The Bertz CT molecular complexity index is 1030. The Morgan fingerprint density at radius 3 is 2.71 bits per heavy atom. The van der Waals surface area contributed by atoms with Crippen LogP contribution in [-0.4, -0.2) is 22.5 Å². The number of carbonyl (C=O) groups excluding carboxylic acids is 1. The molecule has 1 aromatic carbocycles. The van der Waals surface area contributed by atoms with E-state index in [1.54, 1.807) is 23.7 Å². The number of non-ortho nitro benzene ring substituents is 1. The van der Waals surface area contributed by atoms with Gasteiger partial charge in [-0.15, -0.1) is 11.3 Å². The number of thiazole rings is 1. The SMILES string of the molecule is COc1cc([N+](=O)[O-])cc2sc(=NC(=O)c3ccc(Br)s3)n(C)c12. The van der Waals surface area contributed by atoms with Crippen molar-refractivity contribution >= 4 is 60.4 Å². The Morgan fingerprint density at radius 2 is 2.12 bits per heavy atom. The molecular weight excluding hydrogens is 418 g/mol. The van der Waals surface area contributed by atoms with Gasteiger partial charge in [-0.05, 0) is 28.1 Å². The largest absolute Gasteiger partial charge is 0.494 e. The fourth-order valence-corrected chi connectivity index (χ4v) is 4.51. The fraction of sp³-hybridized carbons (Fsp3) is 0.143. The summed E-state index contributed by atoms with van der Waals surface area (Å²) >= 11 is 5.81. The molecule has 0 radical (unpaired) electrons. The summed E-state index contributed by atoms with van der Waals surface area (Å²) in [6.07, 6.45) is 0. The van der Waals surface area contributed by atoms with E-state index in [9.17, 15) is 14.9 Å². The topological polar surface area (TPSA) is 86.7 Å². The van der Waals surface area contributed by atoms with Crippen LogP contribution in [0.3, 0.4) is 0 Å². The van der Waals surface area contributed by atoms with Crippen LogP contribution in [0.15, 0.2) is 33.0 Å². The molecule has 0 aliphatic carbocycles. The minimum atomic E-state index is -0.479. The van der Waals surface area contributed by atoms with Gasteiger partial charge in [0, 0.05) is 13.1 Å². The first kappa shape index (κ1) is 16.8. The first-order valence-electron chi connectivity index (χ1n) is 6.57. The van der Waals surface area contributed by atoms with Crippen molar-refractivity contribution in [3.63, 3.8) is 0 Å². The second kappa shape index (κ2) is 6.46. The first-order valence-corrected chi connectivity index (χ1v) is 8.99. The van der Waals surface area contributed by atoms with E-state index in [-0.39, 0.29) is 11.6 Å². The number of amides is 1. The van der Waals surface area contributed by atoms with Crippen LogP contribution in [0.25, 0.3) is 10.2 Å². The molecule has 124 valence electrons. The summed E-state index contributed by atoms with van der Waals surface area (Å²) in [5.74, 6) is 0.00652. The molecule has 7 nitrogen and oxygen atoms in total. The molecule has 0 saturated carbocycles. The summed E-state index contributed by atoms with van der Waals surface area (Å²) in [5, 5.41) is 11.0. The molecular formula is C14H10BrN3O4S2. The van der Waals surface area contributed by atoms with E-state index in [0.29, 0.717) is 25.6 Å². The van der Waals surface area contributed by atoms with Gasteiger partial charge in [-0.3, -0.25) is 14.9 Å². The van der Waals surface area contributed by atoms with Crippen LogP contribution in [-0.2, 0) is 7.05 Å². The van der Waals surface area contributed by atoms with Gasteiger partial charge in [-0.2, -0.15) is 4.99 Å². The van der Waals surface area contributed by atoms with Crippen LogP contribution in [0.2, 0.25) is 0 Å². The highest BCUT2D eigenvalue weighted by Crippen LogP contribution is 2.32. The zero-order chi connectivity index (χ0) is 17.4. The number of carbonyl (C=O) groups is 1. The summed E-state index contributed by atoms with van der Waals surface area (Å²) in [7, 11) is 3.19. The molecule has 3 rings (SSSR count). The van der Waals surface area contributed by atoms with Crippen LogP contribution in [0.5, 0.6) is 5.75 Å². The van der Waals surface area contributed by atoms with Crippen LogP contribution in [0, 0.1) is 10.1 Å². The van der Waals surface area contributed by atoms with Crippen LogP contribution in [0.1, 0.15) is 9.67 Å². The number of hydrogen-bond donors (Lipinski definition) is 0. The molecule has 0 fully saturated rings. The highest BCUT2D eigenvalue weighted by atomic mass is 79.9. The lowest BCUT2D eigenvalue weighted by Gasteiger charge is -2.03. The van der Waals surface area contributed by atoms with Crippen LogP contribution < -0.4 is 9.54 Å². The first-order chi connectivity index (χ1) is 11.4. The molecule has 0 atom stereocenters. The molecule has 10 heteroatoms. The number of thiophene rings is 1. The van der Waals surface area contributed by atoms with E-state index in [4.69, 9.17) is 4.74 Å². The molecule has 0 unspecified atom stereocenters. The average molecular weight is 428 g/mol. The number of halogens is 1. The van der Waals surface area contributed by atoms with Crippen molar-refractivity contribution in [2.45, 2.75) is 0 Å². The van der Waals surface area contributed by atoms with Crippen molar-refractivity contribution in [3.05, 3.63) is 47.8 Å². The molecule has 0 aliphatic heterocycles. The van der Waals surface area contributed by atoms with Gasteiger partial charge < -0.3 is 9.30 Å². The summed E-state index contributed by atoms with van der Waals surface area (Å²) in [6.45, 7) is 0. The number of nitrogens with zero attached hydrogens (tertiary/aromatic N) is 3. The van der Waals surface area contributed by atoms with Gasteiger partial charge in [0.05, 0.1) is 31.5 Å². The summed E-state index contributed by atoms with van der Waals surface area (Å²) in [4.78, 5) is 27.9. The molecule has 0 bridgehead atoms. The van der Waals surface area contributed by atoms with Gasteiger partial charge >= 0.3 is 0 Å². The zero-order valence-corrected chi connectivity index (χ0v) is 15.7. The highest BCUT2D eigenvalue weighted by molar-refractivity contribution is 9.11. The molecule has 0 N–H and O–H groups in total. The van der Waals surface area contributed by atoms with Gasteiger partial charge in [0.25, 0.3) is 11.6 Å². The van der Waals surface area contributed by atoms with E-state index >= 15 is 0 Å². The van der Waals surface area contributed by atoms with E-state index in [1.807, 2.05) is 0 Å². The minimum absolute atomic E-state index is 0.0683. The highest BCUT2D eigenvalue weighted by Gasteiger charge is 2.17. The second-order valence-corrected chi connectivity index (χ2v) is 8.19. The molecule has 2 heterocycles. The van der Waals surface area contributed by atoms with Crippen molar-refractivity contribution in [1.29, 1.82) is 0 Å². The summed E-state index contributed by atoms with van der Waals surface area (Å²) in [6, 6.07) is 6.29. The van der Waals surface area contributed by atoms with Gasteiger partial charge in [0.1, 0.15) is 5.52 Å². The summed E-state index contributed by atoms with van der Waals surface area (Å²) in [5.41, 5.74) is 0.591. The maximum Gasteiger partial charge on any atom is 0.289 e. The lowest BCUT2D eigenvalue weighted by molar-refractivity contribution is -0.384. The molecule has 0 saturated heterocycles. The number of ether oxygens (including phenoxy) is 1. The average Bonchev–Trinajstić information content (AvgIpc) is 3.11. The van der Waals surface area contributed by atoms with Gasteiger partial charge in [-0.25, -0.2) is 0 Å². The standard InChI is InChI=1S/C14H10BrN3O4S2/c1-17-12-8(22-2)5-7(18(20)21)6-10(12)24-14(17)16-13(19)9-3-4-11(15)23-9/h3-6H,1-2H3. The molecule has 0 aliphatic rings. The Labute approximate surface area is 152 Å². The molecule has 3 aromatic rings. The molecule has 2 aromatic heterocycles. The predicted molar refractivity (Wildman–Crippen MR) is 95.9 cm³/mol. The van der Waals surface area contributed by atoms with Gasteiger partial charge in [-0.1, -0.05) is 11.3 Å². The Kier molecular flexibility index (Phi) is 4.52. The van der Waals surface area contributed by atoms with Gasteiger partial charge in [0.2, 0.25) is 0 Å². The predicted octanol–water partition coefficient (Wildman–Crippen LogP) is 3.72. The third-order valence-electron chi connectivity index (χ3n) is 3.26. The van der Waals surface area contributed by atoms with Crippen LogP contribution >= 0.6 is 38.6 Å². The summed E-state index contributed by atoms with van der Waals surface area (Å²) < 4.78 is 8.43. The van der Waals surface area contributed by atoms with Crippen LogP contribution in [0.4, 0.5) is 5.69 Å². The zero-order valence-electron chi connectivity index (χ0n) is 12.5. The van der Waals surface area contributed by atoms with Gasteiger partial charge in [0.15, 0.2) is 10.6 Å². The second-order valence-electron chi connectivity index (χ2n) is 4.72. The number of aromatic nitrogens is 1. The Balaban J connectivity index is 2.19. The van der Waals surface area contributed by atoms with Crippen molar-refractivity contribution in [1.82, 2.24) is 4.57 Å². The third-order valence-corrected chi connectivity index (χ3v) is 5.95. The number of fused-ring (bicyclic) bond motifs is 1. The molecule has 24 heavy (non-hydrogen) atoms. The number of rotatable bonds is 3. The minimum Gasteiger partial charge on any atom is -0.494 e. The van der Waals surface area contributed by atoms with E-state index < -0.39 is 4.92 Å². The van der Waals surface area contributed by atoms with E-state index in [1.165, 1.54) is 41.9 Å². The number of hydrogen-bond acceptors (Lipinski definition) is 6. The number of methoxy groups -OCH3 is 1. The Morgan fingerprint density at radius 1 is 1.38 bits per heavy atom. The van der Waals surface area contributed by atoms with Crippen molar-refractivity contribution in [3.8, 4) is 5.75 Å². The monoisotopic (exact) mass is 427 g/mol. The maximum atomic E-state index is 12.3.